The molecule has 1 N–H and O–H groups in total. The predicted octanol–water partition coefficient (Wildman–Crippen LogP) is 5.44. The molecule has 27 heavy (non-hydrogen) atoms. The Hall–Kier alpha value is -1.74. The van der Waals surface area contributed by atoms with Crippen LogP contribution in [0.25, 0.3) is 21.4 Å². The normalized spacial score (nSPS) is 15.6. The van der Waals surface area contributed by atoms with Crippen molar-refractivity contribution in [3.63, 3.8) is 0 Å². The van der Waals surface area contributed by atoms with Gasteiger partial charge in [0.15, 0.2) is 10.8 Å². The number of hydrogen-bond donors (Lipinski definition) is 1. The summed E-state index contributed by atoms with van der Waals surface area (Å²) in [6.45, 7) is 0.767. The number of halogens is 1. The van der Waals surface area contributed by atoms with Crippen LogP contribution in [0.3, 0.4) is 0 Å². The quantitative estimate of drug-likeness (QED) is 0.388. The molecule has 0 amide bonds. The molecule has 0 unspecified atom stereocenters. The minimum atomic E-state index is 0.588. The van der Waals surface area contributed by atoms with Gasteiger partial charge in [0, 0.05) is 15.8 Å². The molecule has 0 radical (unpaired) electrons. The van der Waals surface area contributed by atoms with Crippen molar-refractivity contribution in [2.24, 2.45) is 0 Å². The third kappa shape index (κ3) is 3.67. The lowest BCUT2D eigenvalue weighted by molar-refractivity contribution is 0.462. The Balaban J connectivity index is 1.38. The first kappa shape index (κ1) is 17.4. The molecule has 0 bridgehead atoms. The standard InChI is InChI=1S/C20H20IN5S/c21-14-9-17-19(22-10-14)26(12-23-17)11-13-6-7-16-18(8-13)27-20(25-16)24-15-4-2-1-3-5-15/h6-10,12,15H,1-5,11H2,(H,24,25). The lowest BCUT2D eigenvalue weighted by atomic mass is 9.96. The summed E-state index contributed by atoms with van der Waals surface area (Å²) in [6, 6.07) is 9.19. The van der Waals surface area contributed by atoms with Crippen LogP contribution in [0.1, 0.15) is 37.7 Å². The van der Waals surface area contributed by atoms with Crippen LogP contribution in [-0.2, 0) is 6.54 Å². The third-order valence-electron chi connectivity index (χ3n) is 5.16. The maximum atomic E-state index is 4.78. The van der Waals surface area contributed by atoms with Crippen molar-refractivity contribution in [3.8, 4) is 0 Å². The van der Waals surface area contributed by atoms with E-state index in [-0.39, 0.29) is 0 Å². The summed E-state index contributed by atoms with van der Waals surface area (Å²) in [5.74, 6) is 0. The first-order chi connectivity index (χ1) is 13.2. The summed E-state index contributed by atoms with van der Waals surface area (Å²) in [5, 5.41) is 4.70. The average Bonchev–Trinajstić information content (AvgIpc) is 3.25. The summed E-state index contributed by atoms with van der Waals surface area (Å²) in [7, 11) is 0. The minimum absolute atomic E-state index is 0.588. The summed E-state index contributed by atoms with van der Waals surface area (Å²) in [4.78, 5) is 13.8. The molecule has 1 aliphatic rings. The SMILES string of the molecule is Ic1cnc2c(c1)ncn2Cc1ccc2nc(NC3CCCCC3)sc2c1. The van der Waals surface area contributed by atoms with Gasteiger partial charge in [-0.3, -0.25) is 0 Å². The van der Waals surface area contributed by atoms with Crippen molar-refractivity contribution < 1.29 is 0 Å². The van der Waals surface area contributed by atoms with Crippen molar-refractivity contribution in [2.45, 2.75) is 44.7 Å². The maximum absolute atomic E-state index is 4.78. The van der Waals surface area contributed by atoms with Gasteiger partial charge in [0.25, 0.3) is 0 Å². The lowest BCUT2D eigenvalue weighted by Crippen LogP contribution is -2.21. The molecule has 1 saturated carbocycles. The number of hydrogen-bond acceptors (Lipinski definition) is 5. The van der Waals surface area contributed by atoms with Gasteiger partial charge in [-0.25, -0.2) is 15.0 Å². The molecule has 0 spiro atoms. The first-order valence-corrected chi connectivity index (χ1v) is 11.3. The Morgan fingerprint density at radius 2 is 2.00 bits per heavy atom. The molecule has 5 rings (SSSR count). The largest absolute Gasteiger partial charge is 0.359 e. The van der Waals surface area contributed by atoms with E-state index >= 15 is 0 Å². The second-order valence-electron chi connectivity index (χ2n) is 7.17. The lowest BCUT2D eigenvalue weighted by Gasteiger charge is -2.22. The summed E-state index contributed by atoms with van der Waals surface area (Å²) < 4.78 is 4.45. The van der Waals surface area contributed by atoms with E-state index in [2.05, 4.69) is 66.7 Å². The van der Waals surface area contributed by atoms with Crippen LogP contribution in [0.5, 0.6) is 0 Å². The fourth-order valence-corrected chi connectivity index (χ4v) is 5.23. The smallest absolute Gasteiger partial charge is 0.184 e. The fraction of sp³-hybridized carbons (Fsp3) is 0.350. The van der Waals surface area contributed by atoms with Crippen molar-refractivity contribution in [1.82, 2.24) is 19.5 Å². The minimum Gasteiger partial charge on any atom is -0.359 e. The van der Waals surface area contributed by atoms with E-state index in [1.54, 1.807) is 11.3 Å². The van der Waals surface area contributed by atoms with E-state index in [4.69, 9.17) is 4.98 Å². The van der Waals surface area contributed by atoms with Crippen LogP contribution in [0.15, 0.2) is 36.8 Å². The number of aromatic nitrogens is 4. The van der Waals surface area contributed by atoms with Crippen LogP contribution in [-0.4, -0.2) is 25.6 Å². The molecule has 1 fully saturated rings. The summed E-state index contributed by atoms with van der Waals surface area (Å²) >= 11 is 4.03. The van der Waals surface area contributed by atoms with Gasteiger partial charge in [0.1, 0.15) is 5.52 Å². The van der Waals surface area contributed by atoms with Crippen molar-refractivity contribution in [3.05, 3.63) is 45.9 Å². The Morgan fingerprint density at radius 3 is 2.89 bits per heavy atom. The van der Waals surface area contributed by atoms with Crippen LogP contribution >= 0.6 is 33.9 Å². The van der Waals surface area contributed by atoms with Gasteiger partial charge in [-0.1, -0.05) is 36.7 Å². The number of imidazole rings is 1. The molecule has 0 atom stereocenters. The van der Waals surface area contributed by atoms with E-state index in [0.29, 0.717) is 6.04 Å². The maximum Gasteiger partial charge on any atom is 0.184 e. The van der Waals surface area contributed by atoms with E-state index < -0.39 is 0 Å². The fourth-order valence-electron chi connectivity index (χ4n) is 3.79. The zero-order chi connectivity index (χ0) is 18.2. The van der Waals surface area contributed by atoms with E-state index in [1.165, 1.54) is 42.4 Å². The molecular weight excluding hydrogens is 469 g/mol. The number of benzene rings is 1. The molecule has 4 aromatic rings. The molecule has 138 valence electrons. The zero-order valence-electron chi connectivity index (χ0n) is 14.9. The van der Waals surface area contributed by atoms with Crippen LogP contribution < -0.4 is 5.32 Å². The van der Waals surface area contributed by atoms with E-state index in [1.807, 2.05) is 12.5 Å². The number of fused-ring (bicyclic) bond motifs is 2. The molecule has 7 heteroatoms. The van der Waals surface area contributed by atoms with Gasteiger partial charge in [-0.05, 0) is 59.2 Å². The molecule has 1 aliphatic carbocycles. The monoisotopic (exact) mass is 489 g/mol. The molecule has 0 aliphatic heterocycles. The number of anilines is 1. The zero-order valence-corrected chi connectivity index (χ0v) is 17.8. The van der Waals surface area contributed by atoms with Crippen LogP contribution in [0.2, 0.25) is 0 Å². The van der Waals surface area contributed by atoms with Gasteiger partial charge in [0.2, 0.25) is 0 Å². The number of nitrogens with one attached hydrogen (secondary N) is 1. The van der Waals surface area contributed by atoms with Gasteiger partial charge >= 0.3 is 0 Å². The van der Waals surface area contributed by atoms with Gasteiger partial charge in [-0.15, -0.1) is 0 Å². The van der Waals surface area contributed by atoms with Crippen molar-refractivity contribution in [2.75, 3.05) is 5.32 Å². The second-order valence-corrected chi connectivity index (χ2v) is 9.45. The van der Waals surface area contributed by atoms with E-state index in [0.717, 1.165) is 31.9 Å². The van der Waals surface area contributed by atoms with Crippen molar-refractivity contribution >= 4 is 60.4 Å². The molecule has 1 aromatic carbocycles. The Morgan fingerprint density at radius 1 is 1.11 bits per heavy atom. The highest BCUT2D eigenvalue weighted by Gasteiger charge is 2.15. The molecule has 0 saturated heterocycles. The predicted molar refractivity (Wildman–Crippen MR) is 119 cm³/mol. The summed E-state index contributed by atoms with van der Waals surface area (Å²) in [5.41, 5.74) is 4.19. The number of thiazole rings is 1. The molecule has 3 heterocycles. The summed E-state index contributed by atoms with van der Waals surface area (Å²) in [6.07, 6.45) is 10.3. The van der Waals surface area contributed by atoms with Crippen molar-refractivity contribution in [1.29, 1.82) is 0 Å². The number of pyridine rings is 1. The Kier molecular flexibility index (Phi) is 4.73. The van der Waals surface area contributed by atoms with Gasteiger partial charge < -0.3 is 9.88 Å². The first-order valence-electron chi connectivity index (χ1n) is 9.37. The van der Waals surface area contributed by atoms with Gasteiger partial charge in [-0.2, -0.15) is 0 Å². The van der Waals surface area contributed by atoms with E-state index in [9.17, 15) is 0 Å². The highest BCUT2D eigenvalue weighted by atomic mass is 127. The second kappa shape index (κ2) is 7.35. The highest BCUT2D eigenvalue weighted by molar-refractivity contribution is 14.1. The number of nitrogens with zero attached hydrogens (tertiary/aromatic N) is 4. The molecular formula is C20H20IN5S. The number of rotatable bonds is 4. The van der Waals surface area contributed by atoms with Gasteiger partial charge in [0.05, 0.1) is 23.1 Å². The Labute approximate surface area is 175 Å². The Bertz CT molecular complexity index is 1100. The third-order valence-corrected chi connectivity index (χ3v) is 6.70. The van der Waals surface area contributed by atoms with Crippen LogP contribution in [0, 0.1) is 3.57 Å². The average molecular weight is 489 g/mol. The molecule has 5 nitrogen and oxygen atoms in total. The molecule has 3 aromatic heterocycles. The van der Waals surface area contributed by atoms with Crippen LogP contribution in [0.4, 0.5) is 5.13 Å². The highest BCUT2D eigenvalue weighted by Crippen LogP contribution is 2.30. The topological polar surface area (TPSA) is 55.6 Å².